The van der Waals surface area contributed by atoms with Gasteiger partial charge in [0.05, 0.1) is 48.0 Å². The van der Waals surface area contributed by atoms with E-state index in [9.17, 15) is 41.0 Å². The lowest BCUT2D eigenvalue weighted by Crippen LogP contribution is -2.35. The molecule has 1 aliphatic carbocycles. The summed E-state index contributed by atoms with van der Waals surface area (Å²) in [6.07, 6.45) is -7.91. The molecule has 2 saturated heterocycles. The molecule has 4 atom stereocenters. The number of aliphatic hydroxyl groups excluding tert-OH is 1. The lowest BCUT2D eigenvalue weighted by atomic mass is 9.69. The fourth-order valence-corrected chi connectivity index (χ4v) is 7.07. The van der Waals surface area contributed by atoms with Gasteiger partial charge in [0.25, 0.3) is 0 Å². The molecule has 7 nitrogen and oxygen atoms in total. The van der Waals surface area contributed by atoms with Gasteiger partial charge in [0.1, 0.15) is 18.1 Å². The van der Waals surface area contributed by atoms with Crippen molar-refractivity contribution >= 4 is 29.2 Å². The van der Waals surface area contributed by atoms with Crippen molar-refractivity contribution in [2.75, 3.05) is 25.2 Å². The van der Waals surface area contributed by atoms with Crippen LogP contribution in [0, 0.1) is 17.8 Å². The minimum Gasteiger partial charge on any atom is -0.459 e. The molecular weight excluding hydrogens is 644 g/mol. The first-order valence-electron chi connectivity index (χ1n) is 15.2. The summed E-state index contributed by atoms with van der Waals surface area (Å²) >= 11 is 0. The molecule has 0 saturated carbocycles. The Bertz CT molecular complexity index is 1730. The summed E-state index contributed by atoms with van der Waals surface area (Å²) in [6.45, 7) is -0.101. The first kappa shape index (κ1) is 33.7. The lowest BCUT2D eigenvalue weighted by molar-refractivity contribution is -0.143. The van der Waals surface area contributed by atoms with Crippen molar-refractivity contribution in [3.63, 3.8) is 0 Å². The number of fused-ring (bicyclic) bond motifs is 3. The van der Waals surface area contributed by atoms with Crippen molar-refractivity contribution in [2.45, 2.75) is 44.3 Å². The Morgan fingerprint density at radius 2 is 1.65 bits per heavy atom. The Kier molecular flexibility index (Phi) is 9.14. The number of hydrogen-bond acceptors (Lipinski definition) is 6. The van der Waals surface area contributed by atoms with Gasteiger partial charge in [-0.05, 0) is 78.0 Å². The van der Waals surface area contributed by atoms with Crippen molar-refractivity contribution in [1.29, 1.82) is 0 Å². The molecule has 1 N–H and O–H groups in total. The number of imide groups is 1. The highest BCUT2D eigenvalue weighted by molar-refractivity contribution is 6.22. The number of methoxy groups -OCH3 is 1. The predicted octanol–water partition coefficient (Wildman–Crippen LogP) is 7.30. The Hall–Kier alpha value is -4.20. The predicted molar refractivity (Wildman–Crippen MR) is 161 cm³/mol. The highest BCUT2D eigenvalue weighted by atomic mass is 19.4. The number of benzene rings is 2. The number of furan rings is 1. The van der Waals surface area contributed by atoms with Crippen LogP contribution in [0.3, 0.4) is 0 Å². The van der Waals surface area contributed by atoms with Gasteiger partial charge in [-0.1, -0.05) is 30.3 Å². The minimum absolute atomic E-state index is 0.0388. The molecule has 0 unspecified atom stereocenters. The number of alkyl halides is 6. The summed E-state index contributed by atoms with van der Waals surface area (Å²) in [5.74, 6) is -3.40. The number of allylic oxidation sites excluding steroid dienone is 1. The zero-order valence-corrected chi connectivity index (χ0v) is 25.6. The number of halogens is 6. The molecule has 2 fully saturated rings. The summed E-state index contributed by atoms with van der Waals surface area (Å²) in [7, 11) is 1.47. The maximum atomic E-state index is 13.9. The number of rotatable bonds is 9. The van der Waals surface area contributed by atoms with E-state index in [0.29, 0.717) is 41.4 Å². The van der Waals surface area contributed by atoms with Crippen LogP contribution >= 0.6 is 0 Å². The molecule has 0 bridgehead atoms. The third kappa shape index (κ3) is 6.46. The molecule has 3 heterocycles. The molecule has 0 radical (unpaired) electrons. The molecule has 1 aromatic heterocycles. The van der Waals surface area contributed by atoms with E-state index in [1.165, 1.54) is 7.11 Å². The third-order valence-electron chi connectivity index (χ3n) is 9.13. The monoisotopic (exact) mass is 675 g/mol. The maximum absolute atomic E-state index is 13.9. The van der Waals surface area contributed by atoms with Crippen LogP contribution in [0.5, 0.6) is 0 Å². The standard InChI is InChI=1S/C35H31F6NO6/c1-46-17-21-12-27-31(33(45)42(32(27)44)24-14-22(34(36,37)38)13-23(15-24)35(39,40)41)28-18-47-29(30(21)28)10-7-20(19-5-3-2-4-6-19)11-25-8-9-26(16-43)48-25/h2-6,8-9,11,13-15,27-29,31,43H,7,10,12,16-18H2,1H3/b20-11-/t27-,28+,29-,31-/m1/s1. The molecule has 254 valence electrons. The topological polar surface area (TPSA) is 89.2 Å². The van der Waals surface area contributed by atoms with E-state index >= 15 is 0 Å². The van der Waals surface area contributed by atoms with E-state index < -0.39 is 64.8 Å². The van der Waals surface area contributed by atoms with Crippen LogP contribution in [-0.2, 0) is 38.0 Å². The van der Waals surface area contributed by atoms with Gasteiger partial charge < -0.3 is 19.0 Å². The van der Waals surface area contributed by atoms with Gasteiger partial charge in [-0.15, -0.1) is 0 Å². The average Bonchev–Trinajstić information content (AvgIpc) is 3.75. The number of amides is 2. The van der Waals surface area contributed by atoms with Gasteiger partial charge in [0.15, 0.2) is 0 Å². The first-order valence-corrected chi connectivity index (χ1v) is 15.2. The number of anilines is 1. The van der Waals surface area contributed by atoms with Gasteiger partial charge >= 0.3 is 12.4 Å². The van der Waals surface area contributed by atoms with Crippen LogP contribution in [-0.4, -0.2) is 43.3 Å². The van der Waals surface area contributed by atoms with Crippen molar-refractivity contribution in [3.05, 3.63) is 100 Å². The highest BCUT2D eigenvalue weighted by Crippen LogP contribution is 2.51. The summed E-state index contributed by atoms with van der Waals surface area (Å²) in [4.78, 5) is 28.0. The number of nitrogens with zero attached hydrogens (tertiary/aromatic N) is 1. The summed E-state index contributed by atoms with van der Waals surface area (Å²) in [5, 5.41) is 9.41. The molecular formula is C35H31F6NO6. The zero-order chi connectivity index (χ0) is 34.4. The molecule has 2 aliphatic heterocycles. The maximum Gasteiger partial charge on any atom is 0.416 e. The summed E-state index contributed by atoms with van der Waals surface area (Å²) < 4.78 is 99.1. The largest absolute Gasteiger partial charge is 0.459 e. The number of carbonyl (C=O) groups is 2. The number of ether oxygens (including phenoxy) is 2. The van der Waals surface area contributed by atoms with Gasteiger partial charge in [-0.3, -0.25) is 9.59 Å². The van der Waals surface area contributed by atoms with E-state index in [-0.39, 0.29) is 32.3 Å². The molecule has 0 spiro atoms. The molecule has 13 heteroatoms. The van der Waals surface area contributed by atoms with E-state index in [4.69, 9.17) is 13.9 Å². The second-order valence-corrected chi connectivity index (χ2v) is 12.1. The van der Waals surface area contributed by atoms with E-state index in [1.807, 2.05) is 36.4 Å². The summed E-state index contributed by atoms with van der Waals surface area (Å²) in [5.41, 5.74) is -0.674. The summed E-state index contributed by atoms with van der Waals surface area (Å²) in [6, 6.07) is 13.7. The molecule has 2 aromatic carbocycles. The van der Waals surface area contributed by atoms with Crippen molar-refractivity contribution in [2.24, 2.45) is 17.8 Å². The molecule has 3 aliphatic rings. The van der Waals surface area contributed by atoms with E-state index in [0.717, 1.165) is 22.3 Å². The van der Waals surface area contributed by atoms with Crippen LogP contribution in [0.1, 0.15) is 47.5 Å². The molecule has 3 aromatic rings. The fourth-order valence-electron chi connectivity index (χ4n) is 7.07. The van der Waals surface area contributed by atoms with Crippen molar-refractivity contribution in [1.82, 2.24) is 0 Å². The van der Waals surface area contributed by atoms with E-state index in [1.54, 1.807) is 12.1 Å². The molecule has 2 amide bonds. The normalized spacial score (nSPS) is 23.2. The Morgan fingerprint density at radius 3 is 2.25 bits per heavy atom. The quantitative estimate of drug-likeness (QED) is 0.146. The average molecular weight is 676 g/mol. The second kappa shape index (κ2) is 13.0. The molecule has 6 rings (SSSR count). The van der Waals surface area contributed by atoms with Gasteiger partial charge in [-0.25, -0.2) is 4.90 Å². The third-order valence-corrected chi connectivity index (χ3v) is 9.13. The fraction of sp³-hybridized carbons (Fsp3) is 0.371. The number of hydrogen-bond donors (Lipinski definition) is 1. The van der Waals surface area contributed by atoms with E-state index in [2.05, 4.69) is 0 Å². The van der Waals surface area contributed by atoms with Crippen LogP contribution in [0.15, 0.2) is 76.2 Å². The highest BCUT2D eigenvalue weighted by Gasteiger charge is 2.57. The Morgan fingerprint density at radius 1 is 0.958 bits per heavy atom. The number of aliphatic hydroxyl groups is 1. The molecule has 48 heavy (non-hydrogen) atoms. The Labute approximate surface area is 271 Å². The van der Waals surface area contributed by atoms with Crippen LogP contribution in [0.4, 0.5) is 32.0 Å². The van der Waals surface area contributed by atoms with Gasteiger partial charge in [0, 0.05) is 13.0 Å². The van der Waals surface area contributed by atoms with Crippen molar-refractivity contribution < 1.29 is 54.9 Å². The van der Waals surface area contributed by atoms with Gasteiger partial charge in [0.2, 0.25) is 11.8 Å². The number of carbonyl (C=O) groups excluding carboxylic acids is 2. The van der Waals surface area contributed by atoms with Crippen molar-refractivity contribution in [3.8, 4) is 0 Å². The van der Waals surface area contributed by atoms with Crippen LogP contribution in [0.2, 0.25) is 0 Å². The van der Waals surface area contributed by atoms with Gasteiger partial charge in [-0.2, -0.15) is 26.3 Å². The Balaban J connectivity index is 1.30. The second-order valence-electron chi connectivity index (χ2n) is 12.1. The van der Waals surface area contributed by atoms with Crippen LogP contribution < -0.4 is 4.90 Å². The first-order chi connectivity index (χ1) is 22.8. The SMILES string of the molecule is COCC1=C2[C@@H](CC/C(=C/c3ccc(CO)o3)c3ccccc3)OC[C@@H]2[C@@H]2C(=O)N(c3cc(C(F)(F)F)cc(C(F)(F)F)c3)C(=O)[C@@H]2C1. The minimum atomic E-state index is -5.15. The van der Waals surface area contributed by atoms with Crippen LogP contribution in [0.25, 0.3) is 11.6 Å². The lowest BCUT2D eigenvalue weighted by Gasteiger charge is -2.31. The zero-order valence-electron chi connectivity index (χ0n) is 25.6. The smallest absolute Gasteiger partial charge is 0.416 e.